The fraction of sp³-hybridized carbons (Fsp3) is 0.133. The van der Waals surface area contributed by atoms with Crippen molar-refractivity contribution in [3.63, 3.8) is 0 Å². The van der Waals surface area contributed by atoms with Gasteiger partial charge in [0.05, 0.1) is 12.7 Å². The van der Waals surface area contributed by atoms with Gasteiger partial charge in [0.2, 0.25) is 0 Å². The van der Waals surface area contributed by atoms with Crippen LogP contribution in [0.3, 0.4) is 0 Å². The quantitative estimate of drug-likeness (QED) is 0.794. The molecule has 19 heavy (non-hydrogen) atoms. The standard InChI is InChI=1S/C15H12BrFO2/c1-9-7-10(16)3-5-12(9)15(18)13-8-11(17)4-6-14(13)19-2/h3-8H,1-2H3. The minimum absolute atomic E-state index is 0.230. The summed E-state index contributed by atoms with van der Waals surface area (Å²) in [5.74, 6) is -0.339. The van der Waals surface area contributed by atoms with E-state index in [1.54, 1.807) is 12.1 Å². The summed E-state index contributed by atoms with van der Waals surface area (Å²) < 4.78 is 19.3. The van der Waals surface area contributed by atoms with Crippen molar-refractivity contribution in [2.45, 2.75) is 6.92 Å². The number of halogens is 2. The smallest absolute Gasteiger partial charge is 0.197 e. The van der Waals surface area contributed by atoms with Gasteiger partial charge in [-0.15, -0.1) is 0 Å². The van der Waals surface area contributed by atoms with E-state index in [0.29, 0.717) is 11.3 Å². The van der Waals surface area contributed by atoms with Crippen LogP contribution in [0.1, 0.15) is 21.5 Å². The lowest BCUT2D eigenvalue weighted by atomic mass is 9.98. The molecular weight excluding hydrogens is 311 g/mol. The number of ether oxygens (including phenoxy) is 1. The third-order valence-electron chi connectivity index (χ3n) is 2.84. The SMILES string of the molecule is COc1ccc(F)cc1C(=O)c1ccc(Br)cc1C. The summed E-state index contributed by atoms with van der Waals surface area (Å²) in [6.45, 7) is 1.84. The summed E-state index contributed by atoms with van der Waals surface area (Å²) in [6.07, 6.45) is 0. The Bertz CT molecular complexity index is 638. The fourth-order valence-electron chi connectivity index (χ4n) is 1.88. The van der Waals surface area contributed by atoms with E-state index in [0.717, 1.165) is 10.0 Å². The molecule has 0 unspecified atom stereocenters. The predicted octanol–water partition coefficient (Wildman–Crippen LogP) is 4.14. The second-order valence-corrected chi connectivity index (χ2v) is 5.05. The number of rotatable bonds is 3. The Kier molecular flexibility index (Phi) is 4.00. The molecule has 0 aromatic heterocycles. The van der Waals surface area contributed by atoms with Crippen LogP contribution in [0.15, 0.2) is 40.9 Å². The molecule has 2 nitrogen and oxygen atoms in total. The van der Waals surface area contributed by atoms with E-state index in [9.17, 15) is 9.18 Å². The first-order valence-corrected chi connectivity index (χ1v) is 6.46. The van der Waals surface area contributed by atoms with E-state index in [2.05, 4.69) is 15.9 Å². The molecule has 2 aromatic rings. The average molecular weight is 323 g/mol. The number of carbonyl (C=O) groups is 1. The monoisotopic (exact) mass is 322 g/mol. The number of ketones is 1. The van der Waals surface area contributed by atoms with Crippen molar-refractivity contribution in [2.75, 3.05) is 7.11 Å². The fourth-order valence-corrected chi connectivity index (χ4v) is 2.36. The van der Waals surface area contributed by atoms with Gasteiger partial charge in [0, 0.05) is 10.0 Å². The van der Waals surface area contributed by atoms with Gasteiger partial charge in [-0.25, -0.2) is 4.39 Å². The summed E-state index contributed by atoms with van der Waals surface area (Å²) in [5, 5.41) is 0. The van der Waals surface area contributed by atoms with Crippen molar-refractivity contribution in [1.29, 1.82) is 0 Å². The Morgan fingerprint density at radius 2 is 1.89 bits per heavy atom. The van der Waals surface area contributed by atoms with Crippen LogP contribution in [-0.2, 0) is 0 Å². The van der Waals surface area contributed by atoms with Crippen LogP contribution in [0, 0.1) is 12.7 Å². The molecule has 4 heteroatoms. The first-order chi connectivity index (χ1) is 9.02. The molecule has 98 valence electrons. The molecule has 0 saturated carbocycles. The lowest BCUT2D eigenvalue weighted by Gasteiger charge is -2.09. The number of methoxy groups -OCH3 is 1. The number of hydrogen-bond donors (Lipinski definition) is 0. The number of carbonyl (C=O) groups excluding carboxylic acids is 1. The molecule has 0 aliphatic carbocycles. The number of hydrogen-bond acceptors (Lipinski definition) is 2. The molecule has 0 amide bonds. The van der Waals surface area contributed by atoms with Crippen LogP contribution < -0.4 is 4.74 Å². The van der Waals surface area contributed by atoms with Crippen LogP contribution in [0.2, 0.25) is 0 Å². The molecule has 0 fully saturated rings. The summed E-state index contributed by atoms with van der Waals surface area (Å²) in [7, 11) is 1.46. The van der Waals surface area contributed by atoms with E-state index in [1.807, 2.05) is 13.0 Å². The Morgan fingerprint density at radius 1 is 1.16 bits per heavy atom. The van der Waals surface area contributed by atoms with Gasteiger partial charge in [0.1, 0.15) is 11.6 Å². The molecule has 0 bridgehead atoms. The van der Waals surface area contributed by atoms with Gasteiger partial charge in [-0.3, -0.25) is 4.79 Å². The largest absolute Gasteiger partial charge is 0.496 e. The highest BCUT2D eigenvalue weighted by Gasteiger charge is 2.17. The molecule has 0 aliphatic rings. The summed E-state index contributed by atoms with van der Waals surface area (Å²) in [5.41, 5.74) is 1.59. The second kappa shape index (κ2) is 5.53. The van der Waals surface area contributed by atoms with Crippen LogP contribution >= 0.6 is 15.9 Å². The summed E-state index contributed by atoms with van der Waals surface area (Å²) in [4.78, 5) is 12.4. The highest BCUT2D eigenvalue weighted by atomic mass is 79.9. The first-order valence-electron chi connectivity index (χ1n) is 5.67. The van der Waals surface area contributed by atoms with E-state index in [1.165, 1.54) is 25.3 Å². The van der Waals surface area contributed by atoms with Gasteiger partial charge >= 0.3 is 0 Å². The van der Waals surface area contributed by atoms with Crippen molar-refractivity contribution < 1.29 is 13.9 Å². The minimum Gasteiger partial charge on any atom is -0.496 e. The summed E-state index contributed by atoms with van der Waals surface area (Å²) >= 11 is 3.35. The van der Waals surface area contributed by atoms with Crippen LogP contribution in [0.25, 0.3) is 0 Å². The number of aryl methyl sites for hydroxylation is 1. The van der Waals surface area contributed by atoms with Gasteiger partial charge in [-0.2, -0.15) is 0 Å². The Balaban J connectivity index is 2.52. The maximum atomic E-state index is 13.3. The van der Waals surface area contributed by atoms with Gasteiger partial charge in [-0.1, -0.05) is 15.9 Å². The zero-order valence-corrected chi connectivity index (χ0v) is 12.1. The topological polar surface area (TPSA) is 26.3 Å². The molecule has 0 aliphatic heterocycles. The highest BCUT2D eigenvalue weighted by molar-refractivity contribution is 9.10. The van der Waals surface area contributed by atoms with Crippen molar-refractivity contribution in [1.82, 2.24) is 0 Å². The maximum absolute atomic E-state index is 13.3. The minimum atomic E-state index is -0.459. The molecule has 0 N–H and O–H groups in total. The Labute approximate surface area is 119 Å². The summed E-state index contributed by atoms with van der Waals surface area (Å²) in [6, 6.07) is 9.26. The molecular formula is C15H12BrFO2. The number of benzene rings is 2. The molecule has 2 rings (SSSR count). The van der Waals surface area contributed by atoms with Crippen LogP contribution in [-0.4, -0.2) is 12.9 Å². The normalized spacial score (nSPS) is 10.3. The Morgan fingerprint density at radius 3 is 2.53 bits per heavy atom. The molecule has 0 spiro atoms. The Hall–Kier alpha value is -1.68. The average Bonchev–Trinajstić information content (AvgIpc) is 2.38. The van der Waals surface area contributed by atoms with Crippen LogP contribution in [0.4, 0.5) is 4.39 Å². The highest BCUT2D eigenvalue weighted by Crippen LogP contribution is 2.25. The zero-order chi connectivity index (χ0) is 14.0. The second-order valence-electron chi connectivity index (χ2n) is 4.13. The molecule has 0 atom stereocenters. The van der Waals surface area contributed by atoms with Crippen molar-refractivity contribution in [3.8, 4) is 5.75 Å². The van der Waals surface area contributed by atoms with Gasteiger partial charge in [-0.05, 0) is 48.9 Å². The lowest BCUT2D eigenvalue weighted by molar-refractivity contribution is 0.103. The lowest BCUT2D eigenvalue weighted by Crippen LogP contribution is -2.06. The van der Waals surface area contributed by atoms with Crippen molar-refractivity contribution in [2.24, 2.45) is 0 Å². The first kappa shape index (κ1) is 13.7. The van der Waals surface area contributed by atoms with E-state index in [4.69, 9.17) is 4.74 Å². The predicted molar refractivity (Wildman–Crippen MR) is 75.3 cm³/mol. The van der Waals surface area contributed by atoms with E-state index < -0.39 is 5.82 Å². The van der Waals surface area contributed by atoms with Crippen molar-refractivity contribution in [3.05, 3.63) is 63.4 Å². The molecule has 2 aromatic carbocycles. The molecule has 0 heterocycles. The van der Waals surface area contributed by atoms with Gasteiger partial charge in [0.25, 0.3) is 0 Å². The van der Waals surface area contributed by atoms with Gasteiger partial charge in [0.15, 0.2) is 5.78 Å². The molecule has 0 saturated heterocycles. The van der Waals surface area contributed by atoms with E-state index in [-0.39, 0.29) is 11.3 Å². The third-order valence-corrected chi connectivity index (χ3v) is 3.33. The molecule has 0 radical (unpaired) electrons. The zero-order valence-electron chi connectivity index (χ0n) is 10.5. The van der Waals surface area contributed by atoms with Crippen LogP contribution in [0.5, 0.6) is 5.75 Å². The van der Waals surface area contributed by atoms with E-state index >= 15 is 0 Å². The van der Waals surface area contributed by atoms with Crippen molar-refractivity contribution >= 4 is 21.7 Å². The maximum Gasteiger partial charge on any atom is 0.197 e. The van der Waals surface area contributed by atoms with Gasteiger partial charge < -0.3 is 4.74 Å². The third kappa shape index (κ3) is 2.84.